The Labute approximate surface area is 161 Å². The van der Waals surface area contributed by atoms with E-state index in [4.69, 9.17) is 14.5 Å². The quantitative estimate of drug-likeness (QED) is 0.639. The van der Waals surface area contributed by atoms with Crippen molar-refractivity contribution in [2.45, 2.75) is 25.0 Å². The molecule has 2 aliphatic heterocycles. The molecule has 0 amide bonds. The number of rotatable bonds is 4. The van der Waals surface area contributed by atoms with Crippen LogP contribution in [0.15, 0.2) is 24.5 Å². The molecule has 0 radical (unpaired) electrons. The van der Waals surface area contributed by atoms with Crippen LogP contribution in [0.2, 0.25) is 0 Å². The topological polar surface area (TPSA) is 91.1 Å². The van der Waals surface area contributed by atoms with Gasteiger partial charge < -0.3 is 24.7 Å². The van der Waals surface area contributed by atoms with Crippen molar-refractivity contribution in [3.63, 3.8) is 0 Å². The average molecular weight is 386 g/mol. The van der Waals surface area contributed by atoms with Crippen molar-refractivity contribution >= 4 is 22.4 Å². The number of fused-ring (bicyclic) bond motifs is 1. The number of aromatic amines is 2. The molecular formula is C19H23FN6O2. The molecule has 3 aromatic rings. The van der Waals surface area contributed by atoms with E-state index in [-0.39, 0.29) is 18.0 Å². The minimum atomic E-state index is -0.238. The maximum atomic E-state index is 14.7. The maximum Gasteiger partial charge on any atom is 0.148 e. The van der Waals surface area contributed by atoms with Crippen molar-refractivity contribution in [1.29, 1.82) is 0 Å². The van der Waals surface area contributed by atoms with E-state index in [0.29, 0.717) is 44.1 Å². The summed E-state index contributed by atoms with van der Waals surface area (Å²) in [6.07, 6.45) is 5.19. The van der Waals surface area contributed by atoms with Crippen LogP contribution in [0.1, 0.15) is 24.6 Å². The molecule has 0 saturated carbocycles. The van der Waals surface area contributed by atoms with E-state index in [0.717, 1.165) is 29.9 Å². The summed E-state index contributed by atoms with van der Waals surface area (Å²) in [6, 6.07) is 3.37. The zero-order valence-electron chi connectivity index (χ0n) is 15.4. The van der Waals surface area contributed by atoms with E-state index >= 15 is 0 Å². The number of imidazole rings is 1. The summed E-state index contributed by atoms with van der Waals surface area (Å²) in [5, 5.41) is 10.1. The molecule has 5 rings (SSSR count). The van der Waals surface area contributed by atoms with Crippen LogP contribution < -0.4 is 10.2 Å². The molecule has 8 nitrogen and oxygen atoms in total. The Bertz CT molecular complexity index is 937. The van der Waals surface area contributed by atoms with Crippen molar-refractivity contribution in [1.82, 2.24) is 20.2 Å². The Kier molecular flexibility index (Phi) is 4.61. The van der Waals surface area contributed by atoms with Crippen molar-refractivity contribution < 1.29 is 13.9 Å². The lowest BCUT2D eigenvalue weighted by Gasteiger charge is -2.31. The molecule has 148 valence electrons. The Morgan fingerprint density at radius 1 is 1.21 bits per heavy atom. The van der Waals surface area contributed by atoms with Gasteiger partial charge in [0.2, 0.25) is 0 Å². The Morgan fingerprint density at radius 3 is 2.93 bits per heavy atom. The smallest absolute Gasteiger partial charge is 0.148 e. The van der Waals surface area contributed by atoms with Crippen LogP contribution in [0.25, 0.3) is 11.0 Å². The molecule has 0 aliphatic carbocycles. The largest absolute Gasteiger partial charge is 0.378 e. The fourth-order valence-electron chi connectivity index (χ4n) is 3.96. The number of hydrogen-bond donors (Lipinski definition) is 3. The highest BCUT2D eigenvalue weighted by atomic mass is 19.1. The predicted molar refractivity (Wildman–Crippen MR) is 103 cm³/mol. The Morgan fingerprint density at radius 2 is 2.11 bits per heavy atom. The number of nitrogens with zero attached hydrogens (tertiary/aromatic N) is 3. The van der Waals surface area contributed by atoms with Crippen LogP contribution >= 0.6 is 0 Å². The second-order valence-electron chi connectivity index (χ2n) is 7.21. The van der Waals surface area contributed by atoms with Gasteiger partial charge in [0.15, 0.2) is 0 Å². The molecule has 2 aliphatic rings. The minimum absolute atomic E-state index is 0.0472. The van der Waals surface area contributed by atoms with Gasteiger partial charge in [0.1, 0.15) is 17.9 Å². The number of anilines is 2. The highest BCUT2D eigenvalue weighted by molar-refractivity contribution is 5.80. The van der Waals surface area contributed by atoms with Crippen LogP contribution in [0.5, 0.6) is 0 Å². The molecule has 28 heavy (non-hydrogen) atoms. The van der Waals surface area contributed by atoms with Gasteiger partial charge in [0, 0.05) is 32.0 Å². The molecule has 9 heteroatoms. The molecule has 2 unspecified atom stereocenters. The van der Waals surface area contributed by atoms with Crippen molar-refractivity contribution in [2.75, 3.05) is 43.1 Å². The normalized spacial score (nSPS) is 23.2. The van der Waals surface area contributed by atoms with E-state index in [2.05, 4.69) is 20.5 Å². The lowest BCUT2D eigenvalue weighted by molar-refractivity contribution is 0.0155. The summed E-state index contributed by atoms with van der Waals surface area (Å²) >= 11 is 0. The number of nitrogens with one attached hydrogen (secondary N) is 3. The Hall–Kier alpha value is -2.65. The molecule has 1 aromatic carbocycles. The average Bonchev–Trinajstić information content (AvgIpc) is 3.38. The molecule has 0 bridgehead atoms. The van der Waals surface area contributed by atoms with Crippen LogP contribution in [0.4, 0.5) is 15.8 Å². The third-order valence-corrected chi connectivity index (χ3v) is 5.40. The van der Waals surface area contributed by atoms with Gasteiger partial charge in [-0.2, -0.15) is 5.10 Å². The monoisotopic (exact) mass is 386 g/mol. The first kappa shape index (κ1) is 17.4. The number of ether oxygens (including phenoxy) is 2. The van der Waals surface area contributed by atoms with Crippen molar-refractivity contribution in [3.05, 3.63) is 36.2 Å². The van der Waals surface area contributed by atoms with Crippen LogP contribution in [-0.2, 0) is 9.47 Å². The molecule has 0 spiro atoms. The van der Waals surface area contributed by atoms with Gasteiger partial charge in [-0.05, 0) is 18.9 Å². The highest BCUT2D eigenvalue weighted by Gasteiger charge is 2.30. The molecule has 2 atom stereocenters. The van der Waals surface area contributed by atoms with E-state index in [1.165, 1.54) is 0 Å². The Balaban J connectivity index is 1.44. The van der Waals surface area contributed by atoms with E-state index in [1.54, 1.807) is 18.5 Å². The predicted octanol–water partition coefficient (Wildman–Crippen LogP) is 2.59. The van der Waals surface area contributed by atoms with E-state index in [9.17, 15) is 4.39 Å². The van der Waals surface area contributed by atoms with Gasteiger partial charge in [-0.15, -0.1) is 0 Å². The molecule has 2 saturated heterocycles. The van der Waals surface area contributed by atoms with Crippen LogP contribution in [0, 0.1) is 5.82 Å². The third kappa shape index (κ3) is 3.31. The first-order valence-electron chi connectivity index (χ1n) is 9.67. The van der Waals surface area contributed by atoms with Crippen molar-refractivity contribution in [3.8, 4) is 0 Å². The number of aromatic nitrogens is 4. The fourth-order valence-corrected chi connectivity index (χ4v) is 3.96. The first-order chi connectivity index (χ1) is 13.8. The second kappa shape index (κ2) is 7.40. The summed E-state index contributed by atoms with van der Waals surface area (Å²) < 4.78 is 26.0. The molecule has 4 heterocycles. The standard InChI is InChI=1S/C19H23FN6O2/c20-14-8-15-16(9-17(14)26-3-6-27-7-4-26)25-18(24-15)13-2-1-5-28-19(13)23-12-10-21-22-11-12/h8-11,13,19,23H,1-7H2,(H,21,22)(H,24,25). The summed E-state index contributed by atoms with van der Waals surface area (Å²) in [6.45, 7) is 3.30. The number of benzene rings is 1. The summed E-state index contributed by atoms with van der Waals surface area (Å²) in [5.74, 6) is 0.623. The lowest BCUT2D eigenvalue weighted by atomic mass is 9.98. The second-order valence-corrected chi connectivity index (χ2v) is 7.21. The minimum Gasteiger partial charge on any atom is -0.378 e. The summed E-state index contributed by atoms with van der Waals surface area (Å²) in [7, 11) is 0. The first-order valence-corrected chi connectivity index (χ1v) is 9.67. The molecule has 3 N–H and O–H groups in total. The maximum absolute atomic E-state index is 14.7. The van der Waals surface area contributed by atoms with Gasteiger partial charge >= 0.3 is 0 Å². The van der Waals surface area contributed by atoms with Gasteiger partial charge in [-0.25, -0.2) is 9.37 Å². The fraction of sp³-hybridized carbons (Fsp3) is 0.474. The number of morpholine rings is 1. The number of H-pyrrole nitrogens is 2. The number of hydrogen-bond acceptors (Lipinski definition) is 6. The van der Waals surface area contributed by atoms with E-state index in [1.807, 2.05) is 11.0 Å². The zero-order valence-corrected chi connectivity index (χ0v) is 15.4. The van der Waals surface area contributed by atoms with Gasteiger partial charge in [-0.3, -0.25) is 5.10 Å². The summed E-state index contributed by atoms with van der Waals surface area (Å²) in [4.78, 5) is 10.1. The molecule has 2 aromatic heterocycles. The SMILES string of the molecule is Fc1cc2[nH]c(C3CCCOC3Nc3cn[nH]c3)nc2cc1N1CCOCC1. The van der Waals surface area contributed by atoms with E-state index < -0.39 is 0 Å². The van der Waals surface area contributed by atoms with Crippen LogP contribution in [-0.4, -0.2) is 59.3 Å². The van der Waals surface area contributed by atoms with Crippen molar-refractivity contribution in [2.24, 2.45) is 0 Å². The van der Waals surface area contributed by atoms with Crippen LogP contribution in [0.3, 0.4) is 0 Å². The van der Waals surface area contributed by atoms with Gasteiger partial charge in [-0.1, -0.05) is 0 Å². The number of halogens is 1. The zero-order chi connectivity index (χ0) is 18.9. The van der Waals surface area contributed by atoms with Gasteiger partial charge in [0.05, 0.1) is 47.7 Å². The van der Waals surface area contributed by atoms with Gasteiger partial charge in [0.25, 0.3) is 0 Å². The molecule has 2 fully saturated rings. The lowest BCUT2D eigenvalue weighted by Crippen LogP contribution is -2.36. The summed E-state index contributed by atoms with van der Waals surface area (Å²) in [5.41, 5.74) is 2.93. The molecular weight excluding hydrogens is 363 g/mol. The highest BCUT2D eigenvalue weighted by Crippen LogP contribution is 2.33. The third-order valence-electron chi connectivity index (χ3n) is 5.40.